The standard InChI is InChI=1S/C20H32N4O6/c1-20(2,3)30-17(25)21-14-10-8-13(9-11-14)16(22-23-18(26)28-4)15-7-6-12-24(15)19(27)29-5/h6-7,12-14,19,27H,8-11H2,1-5H3,(H,21,25)(H,23,26)/b22-16+. The third kappa shape index (κ3) is 6.74. The molecule has 1 atom stereocenters. The molecule has 10 nitrogen and oxygen atoms in total. The first-order valence-electron chi connectivity index (χ1n) is 9.93. The van der Waals surface area contributed by atoms with Gasteiger partial charge >= 0.3 is 12.2 Å². The summed E-state index contributed by atoms with van der Waals surface area (Å²) in [4.78, 5) is 23.6. The zero-order valence-corrected chi connectivity index (χ0v) is 18.2. The summed E-state index contributed by atoms with van der Waals surface area (Å²) in [6.07, 6.45) is 2.31. The van der Waals surface area contributed by atoms with Crippen LogP contribution < -0.4 is 10.7 Å². The molecule has 1 aromatic rings. The Morgan fingerprint density at radius 1 is 1.20 bits per heavy atom. The summed E-state index contributed by atoms with van der Waals surface area (Å²) in [7, 11) is 2.65. The number of rotatable bonds is 6. The number of methoxy groups -OCH3 is 2. The molecule has 0 spiro atoms. The molecule has 2 amide bonds. The quantitative estimate of drug-likeness (QED) is 0.366. The second kappa shape index (κ2) is 10.4. The molecular formula is C20H32N4O6. The first-order chi connectivity index (χ1) is 14.1. The number of aliphatic hydroxyl groups is 1. The third-order valence-electron chi connectivity index (χ3n) is 4.78. The lowest BCUT2D eigenvalue weighted by Crippen LogP contribution is -2.42. The fourth-order valence-corrected chi connectivity index (χ4v) is 3.41. The number of nitrogens with one attached hydrogen (secondary N) is 2. The lowest BCUT2D eigenvalue weighted by atomic mass is 9.82. The fourth-order valence-electron chi connectivity index (χ4n) is 3.41. The van der Waals surface area contributed by atoms with Crippen molar-refractivity contribution in [3.63, 3.8) is 0 Å². The van der Waals surface area contributed by atoms with Gasteiger partial charge in [0.05, 0.1) is 18.5 Å². The summed E-state index contributed by atoms with van der Waals surface area (Å²) in [6, 6.07) is 3.56. The van der Waals surface area contributed by atoms with Crippen LogP contribution in [0.3, 0.4) is 0 Å². The molecule has 10 heteroatoms. The van der Waals surface area contributed by atoms with E-state index in [1.807, 2.05) is 20.8 Å². The molecule has 0 saturated heterocycles. The van der Waals surface area contributed by atoms with Gasteiger partial charge in [-0.25, -0.2) is 15.0 Å². The monoisotopic (exact) mass is 424 g/mol. The number of hydrazone groups is 1. The molecule has 0 bridgehead atoms. The van der Waals surface area contributed by atoms with Crippen LogP contribution in [0.1, 0.15) is 58.6 Å². The van der Waals surface area contributed by atoms with Gasteiger partial charge < -0.3 is 24.6 Å². The van der Waals surface area contributed by atoms with Crippen LogP contribution in [0, 0.1) is 5.92 Å². The molecular weight excluding hydrogens is 392 g/mol. The minimum absolute atomic E-state index is 0.00210. The number of aliphatic hydroxyl groups excluding tert-OH is 1. The average molecular weight is 424 g/mol. The molecule has 1 heterocycles. The molecule has 30 heavy (non-hydrogen) atoms. The first-order valence-corrected chi connectivity index (χ1v) is 9.93. The molecule has 3 N–H and O–H groups in total. The maximum atomic E-state index is 12.0. The molecule has 1 saturated carbocycles. The smallest absolute Gasteiger partial charge is 0.427 e. The highest BCUT2D eigenvalue weighted by Crippen LogP contribution is 2.29. The maximum Gasteiger partial charge on any atom is 0.427 e. The summed E-state index contributed by atoms with van der Waals surface area (Å²) in [5.41, 5.74) is 3.06. The highest BCUT2D eigenvalue weighted by Gasteiger charge is 2.30. The highest BCUT2D eigenvalue weighted by molar-refractivity contribution is 6.01. The van der Waals surface area contributed by atoms with Crippen LogP contribution in [0.2, 0.25) is 0 Å². The van der Waals surface area contributed by atoms with Gasteiger partial charge in [0.2, 0.25) is 6.41 Å². The summed E-state index contributed by atoms with van der Waals surface area (Å²) in [5, 5.41) is 17.3. The number of hydrogen-bond donors (Lipinski definition) is 3. The van der Waals surface area contributed by atoms with Crippen molar-refractivity contribution in [3.8, 4) is 0 Å². The van der Waals surface area contributed by atoms with E-state index in [9.17, 15) is 14.7 Å². The minimum atomic E-state index is -1.18. The number of amides is 2. The van der Waals surface area contributed by atoms with Crippen molar-refractivity contribution in [3.05, 3.63) is 24.0 Å². The Hall–Kier alpha value is -2.59. The number of nitrogens with zero attached hydrogens (tertiary/aromatic N) is 2. The van der Waals surface area contributed by atoms with Crippen LogP contribution >= 0.6 is 0 Å². The van der Waals surface area contributed by atoms with Crippen LogP contribution in [0.25, 0.3) is 0 Å². The molecule has 1 aromatic heterocycles. The van der Waals surface area contributed by atoms with E-state index >= 15 is 0 Å². The first kappa shape index (κ1) is 23.7. The van der Waals surface area contributed by atoms with E-state index in [0.29, 0.717) is 11.4 Å². The van der Waals surface area contributed by atoms with Gasteiger partial charge in [0.1, 0.15) is 5.60 Å². The minimum Gasteiger partial charge on any atom is -0.452 e. The normalized spacial score (nSPS) is 20.9. The Kier molecular flexibility index (Phi) is 8.24. The van der Waals surface area contributed by atoms with Crippen LogP contribution in [-0.4, -0.2) is 53.4 Å². The molecule has 1 fully saturated rings. The Morgan fingerprint density at radius 3 is 2.43 bits per heavy atom. The van der Waals surface area contributed by atoms with Gasteiger partial charge in [-0.2, -0.15) is 5.10 Å². The lowest BCUT2D eigenvalue weighted by molar-refractivity contribution is -0.131. The van der Waals surface area contributed by atoms with E-state index in [1.165, 1.54) is 18.8 Å². The predicted molar refractivity (Wildman–Crippen MR) is 110 cm³/mol. The average Bonchev–Trinajstić information content (AvgIpc) is 3.16. The van der Waals surface area contributed by atoms with Crippen molar-refractivity contribution < 1.29 is 28.9 Å². The van der Waals surface area contributed by atoms with Crippen LogP contribution in [0.15, 0.2) is 23.4 Å². The van der Waals surface area contributed by atoms with Crippen molar-refractivity contribution in [2.24, 2.45) is 11.0 Å². The summed E-state index contributed by atoms with van der Waals surface area (Å²) >= 11 is 0. The molecule has 168 valence electrons. The van der Waals surface area contributed by atoms with E-state index in [1.54, 1.807) is 18.3 Å². The number of carbonyl (C=O) groups excluding carboxylic acids is 2. The number of aromatic nitrogens is 1. The van der Waals surface area contributed by atoms with E-state index in [4.69, 9.17) is 9.47 Å². The lowest BCUT2D eigenvalue weighted by Gasteiger charge is -2.31. The summed E-state index contributed by atoms with van der Waals surface area (Å²) in [6.45, 7) is 5.47. The number of hydrogen-bond acceptors (Lipinski definition) is 7. The topological polar surface area (TPSA) is 123 Å². The van der Waals surface area contributed by atoms with Gasteiger partial charge in [-0.3, -0.25) is 4.57 Å². The SMILES string of the molecule is COC(=O)N/N=C(/c1cccn1C(O)OC)C1CCC(NC(=O)OC(C)(C)C)CC1. The van der Waals surface area contributed by atoms with Crippen molar-refractivity contribution in [1.29, 1.82) is 0 Å². The highest BCUT2D eigenvalue weighted by atomic mass is 16.6. The van der Waals surface area contributed by atoms with Gasteiger partial charge in [0, 0.05) is 25.3 Å². The van der Waals surface area contributed by atoms with Crippen molar-refractivity contribution in [2.75, 3.05) is 14.2 Å². The Morgan fingerprint density at radius 2 is 1.87 bits per heavy atom. The molecule has 2 rings (SSSR count). The van der Waals surface area contributed by atoms with Crippen molar-refractivity contribution in [1.82, 2.24) is 15.3 Å². The molecule has 1 aliphatic carbocycles. The van der Waals surface area contributed by atoms with Crippen LogP contribution in [-0.2, 0) is 14.2 Å². The summed E-state index contributed by atoms with van der Waals surface area (Å²) < 4.78 is 16.5. The van der Waals surface area contributed by atoms with E-state index in [0.717, 1.165) is 25.7 Å². The second-order valence-electron chi connectivity index (χ2n) is 8.16. The van der Waals surface area contributed by atoms with E-state index < -0.39 is 24.2 Å². The Labute approximate surface area is 176 Å². The van der Waals surface area contributed by atoms with Crippen LogP contribution in [0.4, 0.5) is 9.59 Å². The largest absolute Gasteiger partial charge is 0.452 e. The van der Waals surface area contributed by atoms with Gasteiger partial charge in [0.15, 0.2) is 0 Å². The van der Waals surface area contributed by atoms with Gasteiger partial charge in [-0.15, -0.1) is 0 Å². The van der Waals surface area contributed by atoms with Crippen molar-refractivity contribution >= 4 is 17.9 Å². The molecule has 0 radical (unpaired) electrons. The van der Waals surface area contributed by atoms with Crippen LogP contribution in [0.5, 0.6) is 0 Å². The molecule has 0 aromatic carbocycles. The zero-order valence-electron chi connectivity index (χ0n) is 18.2. The maximum absolute atomic E-state index is 12.0. The van der Waals surface area contributed by atoms with E-state index in [2.05, 4.69) is 20.6 Å². The predicted octanol–water partition coefficient (Wildman–Crippen LogP) is 2.73. The Bertz CT molecular complexity index is 747. The Balaban J connectivity index is 2.11. The third-order valence-corrected chi connectivity index (χ3v) is 4.78. The number of carbonyl (C=O) groups is 2. The molecule has 1 aliphatic rings. The fraction of sp³-hybridized carbons (Fsp3) is 0.650. The van der Waals surface area contributed by atoms with Gasteiger partial charge in [-0.1, -0.05) is 0 Å². The van der Waals surface area contributed by atoms with Gasteiger partial charge in [-0.05, 0) is 58.6 Å². The van der Waals surface area contributed by atoms with Gasteiger partial charge in [0.25, 0.3) is 0 Å². The summed E-state index contributed by atoms with van der Waals surface area (Å²) in [5.74, 6) is 0.0107. The second-order valence-corrected chi connectivity index (χ2v) is 8.16. The van der Waals surface area contributed by atoms with Crippen molar-refractivity contribution in [2.45, 2.75) is 64.5 Å². The number of alkyl carbamates (subject to hydrolysis) is 1. The van der Waals surface area contributed by atoms with E-state index in [-0.39, 0.29) is 12.0 Å². The zero-order chi connectivity index (χ0) is 22.3. The molecule has 0 aliphatic heterocycles. The number of ether oxygens (including phenoxy) is 3. The molecule has 1 unspecified atom stereocenters.